The molecule has 3 heteroatoms. The van der Waals surface area contributed by atoms with Gasteiger partial charge in [0.05, 0.1) is 0 Å². The van der Waals surface area contributed by atoms with Crippen LogP contribution in [0.3, 0.4) is 0 Å². The summed E-state index contributed by atoms with van der Waals surface area (Å²) in [6.07, 6.45) is 0. The first kappa shape index (κ1) is 16.0. The van der Waals surface area contributed by atoms with E-state index in [9.17, 15) is 0 Å². The van der Waals surface area contributed by atoms with Gasteiger partial charge in [0, 0.05) is 31.4 Å². The molecule has 0 bridgehead atoms. The first-order valence-electron chi connectivity index (χ1n) is 8.31. The van der Waals surface area contributed by atoms with E-state index in [1.807, 2.05) is 0 Å². The fourth-order valence-electron chi connectivity index (χ4n) is 3.68. The van der Waals surface area contributed by atoms with Gasteiger partial charge in [-0.1, -0.05) is 54.6 Å². The predicted octanol–water partition coefficient (Wildman–Crippen LogP) is 5.86. The summed E-state index contributed by atoms with van der Waals surface area (Å²) in [6.45, 7) is 2.60. The second kappa shape index (κ2) is 6.76. The van der Waals surface area contributed by atoms with E-state index in [-0.39, 0.29) is 0 Å². The van der Waals surface area contributed by atoms with Crippen LogP contribution in [0, 0.1) is 0 Å². The van der Waals surface area contributed by atoms with Crippen molar-refractivity contribution in [3.8, 4) is 0 Å². The molecule has 0 fully saturated rings. The second-order valence-corrected chi connectivity index (χ2v) is 6.99. The molecule has 122 valence electrons. The lowest BCUT2D eigenvalue weighted by Gasteiger charge is -2.22. The van der Waals surface area contributed by atoms with Crippen LogP contribution in [0.15, 0.2) is 54.6 Å². The molecule has 0 amide bonds. The van der Waals surface area contributed by atoms with Crippen molar-refractivity contribution in [1.82, 2.24) is 4.90 Å². The molecule has 0 radical (unpaired) electrons. The molecule has 4 rings (SSSR count). The fraction of sp³-hybridized carbons (Fsp3) is 0.238. The van der Waals surface area contributed by atoms with Gasteiger partial charge < -0.3 is 0 Å². The number of halogens is 2. The standard InChI is InChI=1S/C21H19Cl2N/c22-10-12-24(13-11-23)14-18-7-6-17-5-4-15-2-1-3-16-8-9-19(18)21(17)20(15)16/h1-9H,10-14H2. The van der Waals surface area contributed by atoms with E-state index in [1.165, 1.54) is 37.9 Å². The topological polar surface area (TPSA) is 3.24 Å². The molecule has 0 atom stereocenters. The average molecular weight is 356 g/mol. The third-order valence-electron chi connectivity index (χ3n) is 4.81. The third-order valence-corrected chi connectivity index (χ3v) is 5.15. The number of hydrogen-bond donors (Lipinski definition) is 0. The Morgan fingerprint density at radius 2 is 1.25 bits per heavy atom. The van der Waals surface area contributed by atoms with Crippen molar-refractivity contribution in [2.45, 2.75) is 6.54 Å². The summed E-state index contributed by atoms with van der Waals surface area (Å²) in [7, 11) is 0. The highest BCUT2D eigenvalue weighted by molar-refractivity contribution is 6.23. The summed E-state index contributed by atoms with van der Waals surface area (Å²) in [5.74, 6) is 1.26. The lowest BCUT2D eigenvalue weighted by Crippen LogP contribution is -2.27. The van der Waals surface area contributed by atoms with Crippen LogP contribution in [0.2, 0.25) is 0 Å². The summed E-state index contributed by atoms with van der Waals surface area (Å²) in [6, 6.07) is 20.0. The zero-order valence-corrected chi connectivity index (χ0v) is 14.9. The van der Waals surface area contributed by atoms with Crippen molar-refractivity contribution in [2.24, 2.45) is 0 Å². The molecule has 0 aromatic heterocycles. The van der Waals surface area contributed by atoms with Gasteiger partial charge in [0.25, 0.3) is 0 Å². The maximum absolute atomic E-state index is 5.96. The molecule has 0 aliphatic carbocycles. The normalized spacial score (nSPS) is 12.1. The zero-order chi connectivity index (χ0) is 16.5. The van der Waals surface area contributed by atoms with Gasteiger partial charge in [-0.3, -0.25) is 4.90 Å². The van der Waals surface area contributed by atoms with E-state index in [0.717, 1.165) is 19.6 Å². The highest BCUT2D eigenvalue weighted by atomic mass is 35.5. The molecule has 0 aliphatic heterocycles. The third kappa shape index (κ3) is 2.71. The van der Waals surface area contributed by atoms with Crippen molar-refractivity contribution in [3.63, 3.8) is 0 Å². The lowest BCUT2D eigenvalue weighted by atomic mass is 9.92. The molecule has 0 unspecified atom stereocenters. The van der Waals surface area contributed by atoms with Crippen LogP contribution in [-0.4, -0.2) is 29.7 Å². The van der Waals surface area contributed by atoms with Gasteiger partial charge in [-0.05, 0) is 37.9 Å². The summed E-state index contributed by atoms with van der Waals surface area (Å²) in [4.78, 5) is 2.33. The number of benzene rings is 4. The molecule has 0 N–H and O–H groups in total. The van der Waals surface area contributed by atoms with Crippen LogP contribution in [-0.2, 0) is 6.54 Å². The van der Waals surface area contributed by atoms with Crippen molar-refractivity contribution in [3.05, 3.63) is 60.2 Å². The smallest absolute Gasteiger partial charge is 0.0351 e. The monoisotopic (exact) mass is 355 g/mol. The van der Waals surface area contributed by atoms with Crippen LogP contribution in [0.5, 0.6) is 0 Å². The van der Waals surface area contributed by atoms with Gasteiger partial charge in [-0.25, -0.2) is 0 Å². The molecular formula is C21H19Cl2N. The summed E-state index contributed by atoms with van der Waals surface area (Å²) < 4.78 is 0. The summed E-state index contributed by atoms with van der Waals surface area (Å²) >= 11 is 11.9. The van der Waals surface area contributed by atoms with E-state index < -0.39 is 0 Å². The van der Waals surface area contributed by atoms with Crippen molar-refractivity contribution >= 4 is 55.5 Å². The van der Waals surface area contributed by atoms with Crippen LogP contribution < -0.4 is 0 Å². The Hall–Kier alpha value is -1.54. The Balaban J connectivity index is 1.90. The minimum atomic E-state index is 0.628. The Kier molecular flexibility index (Phi) is 4.49. The number of alkyl halides is 2. The Labute approximate surface area is 152 Å². The average Bonchev–Trinajstić information content (AvgIpc) is 2.61. The predicted molar refractivity (Wildman–Crippen MR) is 107 cm³/mol. The molecule has 0 aliphatic rings. The summed E-state index contributed by atoms with van der Waals surface area (Å²) in [5.41, 5.74) is 1.34. The van der Waals surface area contributed by atoms with Gasteiger partial charge in [0.2, 0.25) is 0 Å². The molecular weight excluding hydrogens is 337 g/mol. The van der Waals surface area contributed by atoms with Crippen LogP contribution in [0.4, 0.5) is 0 Å². The van der Waals surface area contributed by atoms with Crippen LogP contribution in [0.1, 0.15) is 5.56 Å². The number of hydrogen-bond acceptors (Lipinski definition) is 1. The van der Waals surface area contributed by atoms with Gasteiger partial charge >= 0.3 is 0 Å². The van der Waals surface area contributed by atoms with Crippen molar-refractivity contribution in [2.75, 3.05) is 24.8 Å². The van der Waals surface area contributed by atoms with Crippen molar-refractivity contribution in [1.29, 1.82) is 0 Å². The van der Waals surface area contributed by atoms with E-state index in [2.05, 4.69) is 59.5 Å². The van der Waals surface area contributed by atoms with Gasteiger partial charge in [0.15, 0.2) is 0 Å². The molecule has 0 saturated carbocycles. The molecule has 0 saturated heterocycles. The van der Waals surface area contributed by atoms with Crippen LogP contribution >= 0.6 is 23.2 Å². The van der Waals surface area contributed by atoms with Gasteiger partial charge in [0.1, 0.15) is 0 Å². The first-order chi connectivity index (χ1) is 11.8. The van der Waals surface area contributed by atoms with Gasteiger partial charge in [-0.15, -0.1) is 23.2 Å². The molecule has 0 heterocycles. The molecule has 1 nitrogen and oxygen atoms in total. The Morgan fingerprint density at radius 1 is 0.667 bits per heavy atom. The van der Waals surface area contributed by atoms with E-state index in [0.29, 0.717) is 11.8 Å². The van der Waals surface area contributed by atoms with Gasteiger partial charge in [-0.2, -0.15) is 0 Å². The maximum Gasteiger partial charge on any atom is 0.0351 e. The van der Waals surface area contributed by atoms with Crippen molar-refractivity contribution < 1.29 is 0 Å². The zero-order valence-electron chi connectivity index (χ0n) is 13.4. The number of rotatable bonds is 6. The minimum Gasteiger partial charge on any atom is -0.297 e. The number of nitrogens with zero attached hydrogens (tertiary/aromatic N) is 1. The highest BCUT2D eigenvalue weighted by Crippen LogP contribution is 2.36. The van der Waals surface area contributed by atoms with Crippen LogP contribution in [0.25, 0.3) is 32.3 Å². The molecule has 4 aromatic carbocycles. The molecule has 4 aromatic rings. The van der Waals surface area contributed by atoms with E-state index >= 15 is 0 Å². The second-order valence-electron chi connectivity index (χ2n) is 6.23. The fourth-order valence-corrected chi connectivity index (χ4v) is 4.16. The van der Waals surface area contributed by atoms with E-state index in [1.54, 1.807) is 0 Å². The lowest BCUT2D eigenvalue weighted by molar-refractivity contribution is 0.300. The maximum atomic E-state index is 5.96. The molecule has 0 spiro atoms. The first-order valence-corrected chi connectivity index (χ1v) is 9.38. The minimum absolute atomic E-state index is 0.628. The Morgan fingerprint density at radius 3 is 1.92 bits per heavy atom. The highest BCUT2D eigenvalue weighted by Gasteiger charge is 2.12. The SMILES string of the molecule is ClCCN(CCCl)Cc1ccc2ccc3cccc4ccc1c2c34. The van der Waals surface area contributed by atoms with E-state index in [4.69, 9.17) is 23.2 Å². The molecule has 24 heavy (non-hydrogen) atoms. The quantitative estimate of drug-likeness (QED) is 0.309. The Bertz CT molecular complexity index is 958. The summed E-state index contributed by atoms with van der Waals surface area (Å²) in [5, 5.41) is 8.00. The largest absolute Gasteiger partial charge is 0.297 e.